The molecule has 1 atom stereocenters. The van der Waals surface area contributed by atoms with Gasteiger partial charge in [-0.05, 0) is 24.3 Å². The number of amides is 1. The Morgan fingerprint density at radius 2 is 2.09 bits per heavy atom. The third kappa shape index (κ3) is 2.66. The van der Waals surface area contributed by atoms with E-state index in [1.54, 1.807) is 41.3 Å². The van der Waals surface area contributed by atoms with Crippen LogP contribution in [-0.2, 0) is 4.79 Å². The largest absolute Gasteiger partial charge is 0.495 e. The van der Waals surface area contributed by atoms with Crippen molar-refractivity contribution in [3.8, 4) is 5.75 Å². The van der Waals surface area contributed by atoms with Gasteiger partial charge >= 0.3 is 0 Å². The minimum atomic E-state index is -0.430. The van der Waals surface area contributed by atoms with Gasteiger partial charge in [0.25, 0.3) is 0 Å². The maximum Gasteiger partial charge on any atom is 0.238 e. The van der Waals surface area contributed by atoms with Crippen LogP contribution in [0.3, 0.4) is 0 Å². The average molecular weight is 338 g/mol. The Morgan fingerprint density at radius 1 is 1.32 bits per heavy atom. The van der Waals surface area contributed by atoms with E-state index in [1.165, 1.54) is 24.9 Å². The molecule has 1 aliphatic heterocycles. The number of thioether (sulfide) groups is 1. The number of methoxy groups -OCH3 is 1. The maximum absolute atomic E-state index is 14.1. The minimum Gasteiger partial charge on any atom is -0.495 e. The molecule has 2 aromatic carbocycles. The fraction of sp³-hybridized carbons (Fsp3) is 0.188. The molecule has 22 heavy (non-hydrogen) atoms. The molecule has 0 aromatic heterocycles. The van der Waals surface area contributed by atoms with Crippen molar-refractivity contribution in [2.75, 3.05) is 17.8 Å². The molecule has 1 saturated heterocycles. The number of nitrogens with zero attached hydrogens (tertiary/aromatic N) is 1. The summed E-state index contributed by atoms with van der Waals surface area (Å²) in [6, 6.07) is 11.5. The van der Waals surface area contributed by atoms with Gasteiger partial charge in [0.05, 0.1) is 18.6 Å². The number of halogens is 2. The van der Waals surface area contributed by atoms with Gasteiger partial charge in [-0.1, -0.05) is 29.8 Å². The van der Waals surface area contributed by atoms with Gasteiger partial charge in [0, 0.05) is 10.6 Å². The quantitative estimate of drug-likeness (QED) is 0.837. The van der Waals surface area contributed by atoms with Crippen molar-refractivity contribution in [2.45, 2.75) is 5.37 Å². The van der Waals surface area contributed by atoms with Crippen molar-refractivity contribution in [1.82, 2.24) is 0 Å². The van der Waals surface area contributed by atoms with Crippen molar-refractivity contribution in [3.05, 3.63) is 58.9 Å². The lowest BCUT2D eigenvalue weighted by atomic mass is 10.1. The summed E-state index contributed by atoms with van der Waals surface area (Å²) < 4.78 is 19.4. The standard InChI is InChI=1S/C16H13ClFNO2S/c1-21-14-7-6-10(17)8-13(14)19-15(20)9-22-16(19)11-4-2-3-5-12(11)18/h2-8,16H,9H2,1H3. The van der Waals surface area contributed by atoms with E-state index in [9.17, 15) is 9.18 Å². The Bertz CT molecular complexity index is 725. The number of hydrogen-bond acceptors (Lipinski definition) is 3. The summed E-state index contributed by atoms with van der Waals surface area (Å²) in [5.41, 5.74) is 1.03. The number of benzene rings is 2. The molecule has 3 nitrogen and oxygen atoms in total. The number of anilines is 1. The lowest BCUT2D eigenvalue weighted by Crippen LogP contribution is -2.28. The van der Waals surface area contributed by atoms with E-state index in [0.717, 1.165) is 0 Å². The summed E-state index contributed by atoms with van der Waals surface area (Å²) in [6.45, 7) is 0. The number of carbonyl (C=O) groups excluding carboxylic acids is 1. The molecular weight excluding hydrogens is 325 g/mol. The smallest absolute Gasteiger partial charge is 0.238 e. The molecule has 1 aliphatic rings. The van der Waals surface area contributed by atoms with E-state index in [4.69, 9.17) is 16.3 Å². The molecule has 1 heterocycles. The minimum absolute atomic E-state index is 0.0983. The van der Waals surface area contributed by atoms with E-state index in [2.05, 4.69) is 0 Å². The van der Waals surface area contributed by atoms with Crippen LogP contribution in [0.4, 0.5) is 10.1 Å². The third-order valence-electron chi connectivity index (χ3n) is 3.44. The first-order valence-corrected chi connectivity index (χ1v) is 8.06. The second-order valence-corrected chi connectivity index (χ2v) is 6.27. The molecule has 0 spiro atoms. The Hall–Kier alpha value is -1.72. The predicted molar refractivity (Wildman–Crippen MR) is 87.1 cm³/mol. The summed E-state index contributed by atoms with van der Waals surface area (Å²) in [6.07, 6.45) is 0. The highest BCUT2D eigenvalue weighted by atomic mass is 35.5. The van der Waals surface area contributed by atoms with Crippen molar-refractivity contribution < 1.29 is 13.9 Å². The van der Waals surface area contributed by atoms with Gasteiger partial charge in [-0.2, -0.15) is 0 Å². The molecule has 1 unspecified atom stereocenters. The van der Waals surface area contributed by atoms with Crippen molar-refractivity contribution >= 4 is 35.0 Å². The maximum atomic E-state index is 14.1. The van der Waals surface area contributed by atoms with Crippen LogP contribution in [-0.4, -0.2) is 18.8 Å². The van der Waals surface area contributed by atoms with Gasteiger partial charge in [0.2, 0.25) is 5.91 Å². The fourth-order valence-electron chi connectivity index (χ4n) is 2.44. The Morgan fingerprint density at radius 3 is 2.82 bits per heavy atom. The number of hydrogen-bond donors (Lipinski definition) is 0. The molecule has 0 saturated carbocycles. The summed E-state index contributed by atoms with van der Waals surface area (Å²) in [7, 11) is 1.53. The highest BCUT2D eigenvalue weighted by molar-refractivity contribution is 8.00. The molecule has 1 amide bonds. The highest BCUT2D eigenvalue weighted by Gasteiger charge is 2.37. The van der Waals surface area contributed by atoms with Gasteiger partial charge in [-0.15, -0.1) is 11.8 Å². The number of rotatable bonds is 3. The van der Waals surface area contributed by atoms with E-state index in [1.807, 2.05) is 0 Å². The van der Waals surface area contributed by atoms with Crippen LogP contribution in [0.5, 0.6) is 5.75 Å². The van der Waals surface area contributed by atoms with Crippen molar-refractivity contribution in [1.29, 1.82) is 0 Å². The first-order chi connectivity index (χ1) is 10.6. The van der Waals surface area contributed by atoms with Crippen LogP contribution in [0.2, 0.25) is 5.02 Å². The van der Waals surface area contributed by atoms with Crippen LogP contribution < -0.4 is 9.64 Å². The Labute approximate surface area is 137 Å². The van der Waals surface area contributed by atoms with Crippen LogP contribution in [0, 0.1) is 5.82 Å². The fourth-order valence-corrected chi connectivity index (χ4v) is 3.80. The molecule has 3 rings (SSSR count). The summed E-state index contributed by atoms with van der Waals surface area (Å²) >= 11 is 7.43. The van der Waals surface area contributed by atoms with Gasteiger partial charge in [-0.3, -0.25) is 9.69 Å². The molecule has 0 aliphatic carbocycles. The lowest BCUT2D eigenvalue weighted by Gasteiger charge is -2.26. The van der Waals surface area contributed by atoms with Crippen molar-refractivity contribution in [3.63, 3.8) is 0 Å². The van der Waals surface area contributed by atoms with Crippen LogP contribution in [0.15, 0.2) is 42.5 Å². The topological polar surface area (TPSA) is 29.5 Å². The van der Waals surface area contributed by atoms with Crippen LogP contribution in [0.25, 0.3) is 0 Å². The first kappa shape index (κ1) is 15.2. The average Bonchev–Trinajstić information content (AvgIpc) is 2.89. The predicted octanol–water partition coefficient (Wildman–Crippen LogP) is 4.27. The van der Waals surface area contributed by atoms with Gasteiger partial charge in [0.1, 0.15) is 16.9 Å². The Balaban J connectivity index is 2.09. The zero-order chi connectivity index (χ0) is 15.7. The van der Waals surface area contributed by atoms with E-state index in [-0.39, 0.29) is 17.5 Å². The van der Waals surface area contributed by atoms with Gasteiger partial charge in [0.15, 0.2) is 0 Å². The molecule has 1 fully saturated rings. The second kappa shape index (κ2) is 6.18. The molecule has 2 aromatic rings. The second-order valence-electron chi connectivity index (χ2n) is 4.76. The molecule has 114 valence electrons. The summed E-state index contributed by atoms with van der Waals surface area (Å²) in [4.78, 5) is 13.9. The lowest BCUT2D eigenvalue weighted by molar-refractivity contribution is -0.115. The van der Waals surface area contributed by atoms with Gasteiger partial charge in [-0.25, -0.2) is 4.39 Å². The van der Waals surface area contributed by atoms with E-state index in [0.29, 0.717) is 22.0 Å². The van der Waals surface area contributed by atoms with Crippen molar-refractivity contribution in [2.24, 2.45) is 0 Å². The SMILES string of the molecule is COc1ccc(Cl)cc1N1C(=O)CSC1c1ccccc1F. The molecule has 0 N–H and O–H groups in total. The summed E-state index contributed by atoms with van der Waals surface area (Å²) in [5.74, 6) is 0.385. The van der Waals surface area contributed by atoms with Crippen LogP contribution >= 0.6 is 23.4 Å². The highest BCUT2D eigenvalue weighted by Crippen LogP contribution is 2.46. The number of carbonyl (C=O) groups is 1. The van der Waals surface area contributed by atoms with E-state index < -0.39 is 5.37 Å². The van der Waals surface area contributed by atoms with E-state index >= 15 is 0 Å². The monoisotopic (exact) mass is 337 g/mol. The molecular formula is C16H13ClFNO2S. The Kier molecular flexibility index (Phi) is 4.27. The zero-order valence-corrected chi connectivity index (χ0v) is 13.3. The van der Waals surface area contributed by atoms with Gasteiger partial charge < -0.3 is 4.74 Å². The normalized spacial score (nSPS) is 17.9. The molecule has 0 bridgehead atoms. The third-order valence-corrected chi connectivity index (χ3v) is 4.87. The first-order valence-electron chi connectivity index (χ1n) is 6.63. The molecule has 6 heteroatoms. The summed E-state index contributed by atoms with van der Waals surface area (Å²) in [5, 5.41) is 0.0638. The number of ether oxygens (including phenoxy) is 1. The molecule has 0 radical (unpaired) electrons. The van der Waals surface area contributed by atoms with Crippen LogP contribution in [0.1, 0.15) is 10.9 Å². The zero-order valence-electron chi connectivity index (χ0n) is 11.8.